The van der Waals surface area contributed by atoms with Crippen LogP contribution in [0.4, 0.5) is 0 Å². The van der Waals surface area contributed by atoms with E-state index in [1.165, 1.54) is 0 Å². The van der Waals surface area contributed by atoms with Crippen molar-refractivity contribution in [2.24, 2.45) is 0 Å². The summed E-state index contributed by atoms with van der Waals surface area (Å²) in [7, 11) is -3.74. The van der Waals surface area contributed by atoms with Gasteiger partial charge in [0.15, 0.2) is 0 Å². The summed E-state index contributed by atoms with van der Waals surface area (Å²) in [5, 5.41) is 0.379. The minimum absolute atomic E-state index is 0.182. The van der Waals surface area contributed by atoms with Gasteiger partial charge in [-0.3, -0.25) is 0 Å². The van der Waals surface area contributed by atoms with Gasteiger partial charge in [-0.1, -0.05) is 35.9 Å². The maximum absolute atomic E-state index is 13.1. The van der Waals surface area contributed by atoms with Crippen LogP contribution in [0.15, 0.2) is 47.6 Å². The molecule has 0 saturated heterocycles. The lowest BCUT2D eigenvalue weighted by molar-refractivity contribution is 0.434. The fraction of sp³-hybridized carbons (Fsp3) is 0.304. The lowest BCUT2D eigenvalue weighted by Crippen LogP contribution is -2.16. The Bertz CT molecular complexity index is 1190. The number of hydrogen-bond acceptors (Lipinski definition) is 5. The predicted molar refractivity (Wildman–Crippen MR) is 117 cm³/mol. The standard InChI is InChI=1S/C23H23ClN2O3S/c1-15-6-5-9-21(16(15)2)29-22-19-7-3-4-8-20(19)25-23(26-22)30(27,28)14-17-10-12-18(24)13-11-17/h5-6,9-13H,3-4,7-8,14H2,1-2H3. The zero-order chi connectivity index (χ0) is 21.3. The summed E-state index contributed by atoms with van der Waals surface area (Å²) >= 11 is 5.91. The SMILES string of the molecule is Cc1cccc(Oc2nc(S(=O)(=O)Cc3ccc(Cl)cc3)nc3c2CCCC3)c1C. The molecule has 0 bridgehead atoms. The van der Waals surface area contributed by atoms with Crippen LogP contribution >= 0.6 is 11.6 Å². The van der Waals surface area contributed by atoms with Crippen molar-refractivity contribution in [1.82, 2.24) is 9.97 Å². The summed E-state index contributed by atoms with van der Waals surface area (Å²) in [6.07, 6.45) is 3.50. The molecule has 30 heavy (non-hydrogen) atoms. The molecular weight excluding hydrogens is 420 g/mol. The van der Waals surface area contributed by atoms with Gasteiger partial charge in [0.2, 0.25) is 15.7 Å². The van der Waals surface area contributed by atoms with Crippen LogP contribution in [0.1, 0.15) is 40.8 Å². The number of rotatable bonds is 5. The van der Waals surface area contributed by atoms with E-state index < -0.39 is 9.84 Å². The van der Waals surface area contributed by atoms with Crippen LogP contribution in [0, 0.1) is 13.8 Å². The number of halogens is 1. The Labute approximate surface area is 182 Å². The highest BCUT2D eigenvalue weighted by Gasteiger charge is 2.26. The van der Waals surface area contributed by atoms with E-state index in [0.717, 1.165) is 48.1 Å². The molecule has 0 fully saturated rings. The quantitative estimate of drug-likeness (QED) is 0.495. The number of sulfone groups is 1. The Morgan fingerprint density at radius 1 is 1.00 bits per heavy atom. The zero-order valence-corrected chi connectivity index (χ0v) is 18.6. The Kier molecular flexibility index (Phi) is 5.80. The van der Waals surface area contributed by atoms with E-state index >= 15 is 0 Å². The van der Waals surface area contributed by atoms with Gasteiger partial charge < -0.3 is 4.74 Å². The van der Waals surface area contributed by atoms with Crippen LogP contribution < -0.4 is 4.74 Å². The third-order valence-electron chi connectivity index (χ3n) is 5.43. The number of benzene rings is 2. The molecule has 0 radical (unpaired) electrons. The highest BCUT2D eigenvalue weighted by molar-refractivity contribution is 7.90. The van der Waals surface area contributed by atoms with Crippen LogP contribution in [0.3, 0.4) is 0 Å². The summed E-state index contributed by atoms with van der Waals surface area (Å²) in [6, 6.07) is 12.6. The molecule has 0 aliphatic heterocycles. The number of aromatic nitrogens is 2. The molecule has 0 atom stereocenters. The van der Waals surface area contributed by atoms with E-state index in [9.17, 15) is 8.42 Å². The Hall–Kier alpha value is -2.44. The van der Waals surface area contributed by atoms with Crippen LogP contribution in [-0.2, 0) is 28.4 Å². The fourth-order valence-electron chi connectivity index (χ4n) is 3.56. The topological polar surface area (TPSA) is 69.2 Å². The van der Waals surface area contributed by atoms with E-state index in [-0.39, 0.29) is 10.9 Å². The van der Waals surface area contributed by atoms with E-state index in [4.69, 9.17) is 16.3 Å². The van der Waals surface area contributed by atoms with Crippen molar-refractivity contribution in [3.63, 3.8) is 0 Å². The van der Waals surface area contributed by atoms with E-state index in [2.05, 4.69) is 9.97 Å². The van der Waals surface area contributed by atoms with Crippen molar-refractivity contribution in [1.29, 1.82) is 0 Å². The van der Waals surface area contributed by atoms with Gasteiger partial charge >= 0.3 is 0 Å². The lowest BCUT2D eigenvalue weighted by atomic mass is 9.97. The van der Waals surface area contributed by atoms with Gasteiger partial charge in [0, 0.05) is 10.6 Å². The van der Waals surface area contributed by atoms with E-state index in [1.54, 1.807) is 24.3 Å². The van der Waals surface area contributed by atoms with Crippen molar-refractivity contribution >= 4 is 21.4 Å². The molecule has 7 heteroatoms. The van der Waals surface area contributed by atoms with Crippen LogP contribution in [0.25, 0.3) is 0 Å². The molecule has 2 aromatic carbocycles. The first-order valence-corrected chi connectivity index (χ1v) is 12.0. The molecular formula is C23H23ClN2O3S. The summed E-state index contributed by atoms with van der Waals surface area (Å²) in [6.45, 7) is 4.00. The first kappa shape index (κ1) is 20.8. The first-order chi connectivity index (χ1) is 14.3. The molecule has 1 aromatic heterocycles. The zero-order valence-electron chi connectivity index (χ0n) is 17.0. The highest BCUT2D eigenvalue weighted by atomic mass is 35.5. The second-order valence-corrected chi connectivity index (χ2v) is 9.95. The molecule has 156 valence electrons. The second-order valence-electron chi connectivity index (χ2n) is 7.63. The second kappa shape index (κ2) is 8.36. The summed E-state index contributed by atoms with van der Waals surface area (Å²) in [5.74, 6) is 0.844. The van der Waals surface area contributed by atoms with Gasteiger partial charge in [-0.15, -0.1) is 0 Å². The number of aryl methyl sites for hydroxylation is 2. The summed E-state index contributed by atoms with van der Waals surface area (Å²) in [4.78, 5) is 8.83. The Morgan fingerprint density at radius 3 is 2.50 bits per heavy atom. The molecule has 0 unspecified atom stereocenters. The van der Waals surface area contributed by atoms with Gasteiger partial charge in [-0.2, -0.15) is 4.98 Å². The summed E-state index contributed by atoms with van der Waals surface area (Å²) in [5.41, 5.74) is 4.42. The maximum atomic E-state index is 13.1. The molecule has 0 amide bonds. The van der Waals surface area contributed by atoms with E-state index in [1.807, 2.05) is 32.0 Å². The van der Waals surface area contributed by atoms with Crippen LogP contribution in [0.2, 0.25) is 5.02 Å². The minimum atomic E-state index is -3.74. The predicted octanol–water partition coefficient (Wildman–Crippen LogP) is 5.39. The Morgan fingerprint density at radius 2 is 1.73 bits per heavy atom. The van der Waals surface area contributed by atoms with Gasteiger partial charge in [0.05, 0.1) is 11.4 Å². The van der Waals surface area contributed by atoms with Crippen LogP contribution in [0.5, 0.6) is 11.6 Å². The summed E-state index contributed by atoms with van der Waals surface area (Å²) < 4.78 is 32.3. The average molecular weight is 443 g/mol. The maximum Gasteiger partial charge on any atom is 0.250 e. The van der Waals surface area contributed by atoms with Crippen molar-refractivity contribution in [3.8, 4) is 11.6 Å². The van der Waals surface area contributed by atoms with Crippen molar-refractivity contribution < 1.29 is 13.2 Å². The molecule has 5 nitrogen and oxygen atoms in total. The number of ether oxygens (including phenoxy) is 1. The molecule has 0 N–H and O–H groups in total. The average Bonchev–Trinajstić information content (AvgIpc) is 2.73. The van der Waals surface area contributed by atoms with Gasteiger partial charge in [0.25, 0.3) is 5.16 Å². The highest BCUT2D eigenvalue weighted by Crippen LogP contribution is 2.33. The molecule has 1 heterocycles. The monoisotopic (exact) mass is 442 g/mol. The molecule has 1 aliphatic carbocycles. The van der Waals surface area contributed by atoms with Crippen molar-refractivity contribution in [2.75, 3.05) is 0 Å². The fourth-order valence-corrected chi connectivity index (χ4v) is 4.92. The van der Waals surface area contributed by atoms with Crippen molar-refractivity contribution in [2.45, 2.75) is 50.4 Å². The van der Waals surface area contributed by atoms with Gasteiger partial charge in [0.1, 0.15) is 5.75 Å². The lowest BCUT2D eigenvalue weighted by Gasteiger charge is -2.20. The molecule has 0 spiro atoms. The Balaban J connectivity index is 1.74. The molecule has 4 rings (SSSR count). The smallest absolute Gasteiger partial charge is 0.250 e. The number of hydrogen-bond donors (Lipinski definition) is 0. The van der Waals surface area contributed by atoms with Gasteiger partial charge in [-0.05, 0) is 74.4 Å². The largest absolute Gasteiger partial charge is 0.438 e. The van der Waals surface area contributed by atoms with E-state index in [0.29, 0.717) is 22.2 Å². The first-order valence-electron chi connectivity index (χ1n) is 9.94. The van der Waals surface area contributed by atoms with Crippen molar-refractivity contribution in [3.05, 3.63) is 75.4 Å². The molecule has 3 aromatic rings. The van der Waals surface area contributed by atoms with Crippen LogP contribution in [-0.4, -0.2) is 18.4 Å². The third-order valence-corrected chi connectivity index (χ3v) is 7.14. The van der Waals surface area contributed by atoms with Gasteiger partial charge in [-0.25, -0.2) is 13.4 Å². The third kappa shape index (κ3) is 4.35. The minimum Gasteiger partial charge on any atom is -0.438 e. The molecule has 0 saturated carbocycles. The number of fused-ring (bicyclic) bond motifs is 1. The number of nitrogens with zero attached hydrogens (tertiary/aromatic N) is 2. The molecule has 1 aliphatic rings. The normalized spacial score (nSPS) is 13.7.